The molecule has 94 valence electrons. The molecule has 1 aliphatic heterocycles. The van der Waals surface area contributed by atoms with Gasteiger partial charge in [-0.15, -0.1) is 12.4 Å². The molecule has 1 aliphatic rings. The van der Waals surface area contributed by atoms with Crippen LogP contribution in [0.15, 0.2) is 24.3 Å². The SMILES string of the molecule is COC(=O)c1cccc(C2CCNCC2)c1.Cl. The van der Waals surface area contributed by atoms with Gasteiger partial charge in [0.1, 0.15) is 0 Å². The molecule has 0 saturated carbocycles. The van der Waals surface area contributed by atoms with Crippen molar-refractivity contribution in [3.05, 3.63) is 35.4 Å². The minimum Gasteiger partial charge on any atom is -0.465 e. The molecule has 3 nitrogen and oxygen atoms in total. The Kier molecular flexibility index (Phi) is 5.45. The van der Waals surface area contributed by atoms with E-state index in [1.165, 1.54) is 12.7 Å². The number of carbonyl (C=O) groups excluding carboxylic acids is 1. The third-order valence-electron chi connectivity index (χ3n) is 3.12. The summed E-state index contributed by atoms with van der Waals surface area (Å²) in [4.78, 5) is 11.4. The number of hydrogen-bond acceptors (Lipinski definition) is 3. The highest BCUT2D eigenvalue weighted by Crippen LogP contribution is 2.25. The largest absolute Gasteiger partial charge is 0.465 e. The smallest absolute Gasteiger partial charge is 0.337 e. The summed E-state index contributed by atoms with van der Waals surface area (Å²) in [6, 6.07) is 7.80. The van der Waals surface area contributed by atoms with Gasteiger partial charge in [-0.3, -0.25) is 0 Å². The molecule has 1 N–H and O–H groups in total. The Bertz CT molecular complexity index is 375. The van der Waals surface area contributed by atoms with Gasteiger partial charge in [-0.2, -0.15) is 0 Å². The number of benzene rings is 1. The Hall–Kier alpha value is -1.06. The van der Waals surface area contributed by atoms with Crippen molar-refractivity contribution in [3.63, 3.8) is 0 Å². The van der Waals surface area contributed by atoms with Crippen molar-refractivity contribution < 1.29 is 9.53 Å². The molecule has 0 atom stereocenters. The predicted octanol–water partition coefficient (Wildman–Crippen LogP) is 2.36. The molecule has 1 aromatic carbocycles. The van der Waals surface area contributed by atoms with E-state index in [4.69, 9.17) is 4.74 Å². The van der Waals surface area contributed by atoms with E-state index >= 15 is 0 Å². The summed E-state index contributed by atoms with van der Waals surface area (Å²) in [5.41, 5.74) is 1.91. The number of halogens is 1. The van der Waals surface area contributed by atoms with Crippen molar-refractivity contribution >= 4 is 18.4 Å². The molecule has 1 saturated heterocycles. The highest BCUT2D eigenvalue weighted by molar-refractivity contribution is 5.89. The van der Waals surface area contributed by atoms with E-state index in [0.29, 0.717) is 11.5 Å². The number of piperidine rings is 1. The second-order valence-corrected chi connectivity index (χ2v) is 4.14. The van der Waals surface area contributed by atoms with Crippen molar-refractivity contribution in [3.8, 4) is 0 Å². The molecular formula is C13H18ClNO2. The highest BCUT2D eigenvalue weighted by atomic mass is 35.5. The lowest BCUT2D eigenvalue weighted by atomic mass is 9.89. The van der Waals surface area contributed by atoms with Gasteiger partial charge in [-0.05, 0) is 49.5 Å². The van der Waals surface area contributed by atoms with Crippen LogP contribution >= 0.6 is 12.4 Å². The van der Waals surface area contributed by atoms with Gasteiger partial charge in [-0.1, -0.05) is 12.1 Å². The fourth-order valence-electron chi connectivity index (χ4n) is 2.19. The lowest BCUT2D eigenvalue weighted by molar-refractivity contribution is 0.0600. The van der Waals surface area contributed by atoms with E-state index in [2.05, 4.69) is 11.4 Å². The molecule has 4 heteroatoms. The van der Waals surface area contributed by atoms with Crippen LogP contribution in [0.5, 0.6) is 0 Å². The van der Waals surface area contributed by atoms with Crippen LogP contribution in [0, 0.1) is 0 Å². The van der Waals surface area contributed by atoms with Gasteiger partial charge in [0, 0.05) is 0 Å². The fourth-order valence-corrected chi connectivity index (χ4v) is 2.19. The van der Waals surface area contributed by atoms with Crippen LogP contribution in [-0.4, -0.2) is 26.2 Å². The van der Waals surface area contributed by atoms with Crippen LogP contribution in [0.3, 0.4) is 0 Å². The fraction of sp³-hybridized carbons (Fsp3) is 0.462. The van der Waals surface area contributed by atoms with Crippen molar-refractivity contribution in [1.82, 2.24) is 5.32 Å². The van der Waals surface area contributed by atoms with E-state index < -0.39 is 0 Å². The molecule has 0 aromatic heterocycles. The minimum absolute atomic E-state index is 0. The van der Waals surface area contributed by atoms with Gasteiger partial charge < -0.3 is 10.1 Å². The summed E-state index contributed by atoms with van der Waals surface area (Å²) < 4.78 is 4.73. The van der Waals surface area contributed by atoms with Crippen molar-refractivity contribution in [1.29, 1.82) is 0 Å². The van der Waals surface area contributed by atoms with Crippen molar-refractivity contribution in [2.75, 3.05) is 20.2 Å². The molecule has 1 heterocycles. The number of carbonyl (C=O) groups is 1. The van der Waals surface area contributed by atoms with E-state index in [0.717, 1.165) is 25.9 Å². The van der Waals surface area contributed by atoms with Crippen molar-refractivity contribution in [2.45, 2.75) is 18.8 Å². The van der Waals surface area contributed by atoms with Crippen LogP contribution in [0.1, 0.15) is 34.7 Å². The first-order chi connectivity index (χ1) is 7.81. The molecule has 1 fully saturated rings. The molecule has 0 aliphatic carbocycles. The third-order valence-corrected chi connectivity index (χ3v) is 3.12. The van der Waals surface area contributed by atoms with Crippen LogP contribution in [0.4, 0.5) is 0 Å². The average Bonchev–Trinajstić information content (AvgIpc) is 2.39. The lowest BCUT2D eigenvalue weighted by Gasteiger charge is -2.23. The number of nitrogens with one attached hydrogen (secondary N) is 1. The maximum atomic E-state index is 11.4. The number of esters is 1. The summed E-state index contributed by atoms with van der Waals surface area (Å²) in [5, 5.41) is 3.34. The van der Waals surface area contributed by atoms with Crippen LogP contribution in [0.25, 0.3) is 0 Å². The molecule has 2 rings (SSSR count). The zero-order valence-electron chi connectivity index (χ0n) is 9.94. The summed E-state index contributed by atoms with van der Waals surface area (Å²) in [7, 11) is 1.42. The average molecular weight is 256 g/mol. The van der Waals surface area contributed by atoms with E-state index in [-0.39, 0.29) is 18.4 Å². The summed E-state index contributed by atoms with van der Waals surface area (Å²) in [5.74, 6) is 0.321. The number of rotatable bonds is 2. The topological polar surface area (TPSA) is 38.3 Å². The molecule has 1 aromatic rings. The molecular weight excluding hydrogens is 238 g/mol. The highest BCUT2D eigenvalue weighted by Gasteiger charge is 2.16. The first kappa shape index (κ1) is 14.0. The van der Waals surface area contributed by atoms with Gasteiger partial charge in [0.25, 0.3) is 0 Å². The molecule has 0 bridgehead atoms. The standard InChI is InChI=1S/C13H17NO2.ClH/c1-16-13(15)12-4-2-3-11(9-12)10-5-7-14-8-6-10;/h2-4,9-10,14H,5-8H2,1H3;1H. The lowest BCUT2D eigenvalue weighted by Crippen LogP contribution is -2.26. The minimum atomic E-state index is -0.254. The Morgan fingerprint density at radius 1 is 1.35 bits per heavy atom. The van der Waals surface area contributed by atoms with Gasteiger partial charge in [0.2, 0.25) is 0 Å². The van der Waals surface area contributed by atoms with Gasteiger partial charge in [0.15, 0.2) is 0 Å². The summed E-state index contributed by atoms with van der Waals surface area (Å²) >= 11 is 0. The summed E-state index contributed by atoms with van der Waals surface area (Å²) in [6.45, 7) is 2.13. The second kappa shape index (κ2) is 6.62. The van der Waals surface area contributed by atoms with Crippen LogP contribution in [0.2, 0.25) is 0 Å². The van der Waals surface area contributed by atoms with Crippen LogP contribution < -0.4 is 5.32 Å². The molecule has 17 heavy (non-hydrogen) atoms. The zero-order valence-corrected chi connectivity index (χ0v) is 10.8. The Balaban J connectivity index is 0.00000144. The second-order valence-electron chi connectivity index (χ2n) is 4.14. The van der Waals surface area contributed by atoms with Crippen LogP contribution in [-0.2, 0) is 4.74 Å². The third kappa shape index (κ3) is 3.45. The maximum absolute atomic E-state index is 11.4. The van der Waals surface area contributed by atoms with E-state index in [1.807, 2.05) is 12.1 Å². The quantitative estimate of drug-likeness (QED) is 0.825. The Morgan fingerprint density at radius 3 is 2.71 bits per heavy atom. The summed E-state index contributed by atoms with van der Waals surface area (Å²) in [6.07, 6.45) is 2.29. The normalized spacial score (nSPS) is 16.1. The zero-order chi connectivity index (χ0) is 11.4. The van der Waals surface area contributed by atoms with Gasteiger partial charge >= 0.3 is 5.97 Å². The molecule has 0 radical (unpaired) electrons. The first-order valence-electron chi connectivity index (χ1n) is 5.70. The number of methoxy groups -OCH3 is 1. The molecule has 0 unspecified atom stereocenters. The maximum Gasteiger partial charge on any atom is 0.337 e. The Morgan fingerprint density at radius 2 is 2.06 bits per heavy atom. The van der Waals surface area contributed by atoms with Crippen molar-refractivity contribution in [2.24, 2.45) is 0 Å². The molecule has 0 amide bonds. The first-order valence-corrected chi connectivity index (χ1v) is 5.70. The predicted molar refractivity (Wildman–Crippen MR) is 69.9 cm³/mol. The monoisotopic (exact) mass is 255 g/mol. The van der Waals surface area contributed by atoms with Gasteiger partial charge in [0.05, 0.1) is 12.7 Å². The number of hydrogen-bond donors (Lipinski definition) is 1. The Labute approximate surface area is 108 Å². The van der Waals surface area contributed by atoms with E-state index in [1.54, 1.807) is 6.07 Å². The van der Waals surface area contributed by atoms with Gasteiger partial charge in [-0.25, -0.2) is 4.79 Å². The molecule has 0 spiro atoms. The number of ether oxygens (including phenoxy) is 1. The van der Waals surface area contributed by atoms with E-state index in [9.17, 15) is 4.79 Å².